The quantitative estimate of drug-likeness (QED) is 0.610. The minimum absolute atomic E-state index is 0.135. The van der Waals surface area contributed by atoms with Crippen molar-refractivity contribution in [1.82, 2.24) is 9.97 Å². The highest BCUT2D eigenvalue weighted by Crippen LogP contribution is 2.15. The molecular formula is C9H8BrN5. The van der Waals surface area contributed by atoms with Crippen LogP contribution in [-0.2, 0) is 0 Å². The Labute approximate surface area is 96.1 Å². The van der Waals surface area contributed by atoms with Gasteiger partial charge in [-0.3, -0.25) is 0 Å². The van der Waals surface area contributed by atoms with Crippen molar-refractivity contribution in [2.24, 2.45) is 0 Å². The first kappa shape index (κ1) is 11.4. The summed E-state index contributed by atoms with van der Waals surface area (Å²) in [6.45, 7) is 2.03. The molecule has 0 fully saturated rings. The SMILES string of the molecule is Cc1nc(Br)cc(N(CC#N)CC#N)n1. The van der Waals surface area contributed by atoms with Crippen molar-refractivity contribution < 1.29 is 0 Å². The van der Waals surface area contributed by atoms with E-state index in [1.807, 2.05) is 12.1 Å². The Balaban J connectivity index is 3.01. The first-order chi connectivity index (χ1) is 7.17. The molecule has 5 nitrogen and oxygen atoms in total. The van der Waals surface area contributed by atoms with Gasteiger partial charge in [0.25, 0.3) is 0 Å². The average molecular weight is 266 g/mol. The van der Waals surface area contributed by atoms with Gasteiger partial charge in [-0.1, -0.05) is 0 Å². The van der Waals surface area contributed by atoms with E-state index in [9.17, 15) is 0 Å². The van der Waals surface area contributed by atoms with Gasteiger partial charge in [-0.15, -0.1) is 0 Å². The molecule has 0 saturated heterocycles. The van der Waals surface area contributed by atoms with E-state index in [-0.39, 0.29) is 13.1 Å². The highest BCUT2D eigenvalue weighted by atomic mass is 79.9. The molecule has 0 amide bonds. The molecule has 0 atom stereocenters. The third kappa shape index (κ3) is 3.19. The molecule has 0 radical (unpaired) electrons. The fourth-order valence-electron chi connectivity index (χ4n) is 1.07. The van der Waals surface area contributed by atoms with Gasteiger partial charge in [-0.2, -0.15) is 10.5 Å². The van der Waals surface area contributed by atoms with Crippen molar-refractivity contribution in [1.29, 1.82) is 10.5 Å². The van der Waals surface area contributed by atoms with Crippen molar-refractivity contribution in [3.8, 4) is 12.1 Å². The van der Waals surface area contributed by atoms with Crippen LogP contribution in [0.3, 0.4) is 0 Å². The van der Waals surface area contributed by atoms with Crippen LogP contribution < -0.4 is 4.90 Å². The van der Waals surface area contributed by atoms with E-state index in [0.29, 0.717) is 16.2 Å². The second-order valence-electron chi connectivity index (χ2n) is 2.77. The average Bonchev–Trinajstić information content (AvgIpc) is 2.16. The van der Waals surface area contributed by atoms with Gasteiger partial charge in [-0.25, -0.2) is 9.97 Å². The van der Waals surface area contributed by atoms with Crippen molar-refractivity contribution in [3.05, 3.63) is 16.5 Å². The van der Waals surface area contributed by atoms with Crippen LogP contribution in [-0.4, -0.2) is 23.1 Å². The predicted octanol–water partition coefficient (Wildman–Crippen LogP) is 1.40. The fraction of sp³-hybridized carbons (Fsp3) is 0.333. The smallest absolute Gasteiger partial charge is 0.135 e. The summed E-state index contributed by atoms with van der Waals surface area (Å²) in [6, 6.07) is 5.66. The standard InChI is InChI=1S/C9H8BrN5/c1-7-13-8(10)6-9(14-7)15(4-2-11)5-3-12/h6H,4-5H2,1H3. The van der Waals surface area contributed by atoms with Gasteiger partial charge in [0, 0.05) is 6.07 Å². The number of nitriles is 2. The summed E-state index contributed by atoms with van der Waals surface area (Å²) in [6.07, 6.45) is 0. The van der Waals surface area contributed by atoms with Crippen LogP contribution in [0, 0.1) is 29.6 Å². The van der Waals surface area contributed by atoms with Gasteiger partial charge in [-0.05, 0) is 22.9 Å². The highest BCUT2D eigenvalue weighted by molar-refractivity contribution is 9.10. The van der Waals surface area contributed by atoms with Crippen LogP contribution in [0.5, 0.6) is 0 Å². The van der Waals surface area contributed by atoms with Gasteiger partial charge in [0.2, 0.25) is 0 Å². The van der Waals surface area contributed by atoms with E-state index in [1.54, 1.807) is 17.9 Å². The van der Waals surface area contributed by atoms with Gasteiger partial charge in [0.05, 0.1) is 12.1 Å². The molecule has 1 aromatic rings. The number of anilines is 1. The number of rotatable bonds is 3. The molecule has 0 aromatic carbocycles. The lowest BCUT2D eigenvalue weighted by Gasteiger charge is -2.16. The molecule has 0 saturated carbocycles. The second-order valence-corrected chi connectivity index (χ2v) is 3.58. The fourth-order valence-corrected chi connectivity index (χ4v) is 1.53. The largest absolute Gasteiger partial charge is 0.330 e. The normalized spacial score (nSPS) is 9.07. The Bertz CT molecular complexity index is 395. The van der Waals surface area contributed by atoms with Gasteiger partial charge >= 0.3 is 0 Å². The molecule has 1 aromatic heterocycles. The van der Waals surface area contributed by atoms with Crippen LogP contribution in [0.2, 0.25) is 0 Å². The van der Waals surface area contributed by atoms with Crippen molar-refractivity contribution in [3.63, 3.8) is 0 Å². The second kappa shape index (κ2) is 5.28. The third-order valence-electron chi connectivity index (χ3n) is 1.64. The molecule has 0 aliphatic rings. The molecule has 76 valence electrons. The van der Waals surface area contributed by atoms with E-state index in [0.717, 1.165) is 0 Å². The molecule has 0 bridgehead atoms. The summed E-state index contributed by atoms with van der Waals surface area (Å²) in [5.41, 5.74) is 0. The summed E-state index contributed by atoms with van der Waals surface area (Å²) in [7, 11) is 0. The van der Waals surface area contributed by atoms with Crippen molar-refractivity contribution in [2.45, 2.75) is 6.92 Å². The zero-order valence-electron chi connectivity index (χ0n) is 8.11. The third-order valence-corrected chi connectivity index (χ3v) is 2.05. The van der Waals surface area contributed by atoms with Crippen LogP contribution >= 0.6 is 15.9 Å². The van der Waals surface area contributed by atoms with Gasteiger partial charge in [0.15, 0.2) is 0 Å². The predicted molar refractivity (Wildman–Crippen MR) is 57.9 cm³/mol. The molecule has 0 aliphatic heterocycles. The lowest BCUT2D eigenvalue weighted by molar-refractivity contribution is 0.903. The summed E-state index contributed by atoms with van der Waals surface area (Å²) >= 11 is 3.24. The van der Waals surface area contributed by atoms with E-state index in [2.05, 4.69) is 25.9 Å². The maximum absolute atomic E-state index is 8.61. The molecule has 15 heavy (non-hydrogen) atoms. The molecule has 0 unspecified atom stereocenters. The highest BCUT2D eigenvalue weighted by Gasteiger charge is 2.08. The molecule has 0 spiro atoms. The van der Waals surface area contributed by atoms with E-state index in [4.69, 9.17) is 10.5 Å². The number of aromatic nitrogens is 2. The van der Waals surface area contributed by atoms with Crippen molar-refractivity contribution >= 4 is 21.7 Å². The number of halogens is 1. The minimum Gasteiger partial charge on any atom is -0.330 e. The lowest BCUT2D eigenvalue weighted by Crippen LogP contribution is -2.25. The summed E-state index contributed by atoms with van der Waals surface area (Å²) in [4.78, 5) is 9.79. The van der Waals surface area contributed by atoms with Gasteiger partial charge < -0.3 is 4.90 Å². The topological polar surface area (TPSA) is 76.6 Å². The Morgan fingerprint density at radius 2 is 1.93 bits per heavy atom. The number of nitrogens with zero attached hydrogens (tertiary/aromatic N) is 5. The van der Waals surface area contributed by atoms with Crippen LogP contribution in [0.1, 0.15) is 5.82 Å². The monoisotopic (exact) mass is 265 g/mol. The van der Waals surface area contributed by atoms with E-state index >= 15 is 0 Å². The molecule has 1 rings (SSSR count). The van der Waals surface area contributed by atoms with Crippen LogP contribution in [0.25, 0.3) is 0 Å². The first-order valence-electron chi connectivity index (χ1n) is 4.17. The zero-order chi connectivity index (χ0) is 11.3. The Morgan fingerprint density at radius 1 is 1.33 bits per heavy atom. The van der Waals surface area contributed by atoms with E-state index < -0.39 is 0 Å². The van der Waals surface area contributed by atoms with Crippen molar-refractivity contribution in [2.75, 3.05) is 18.0 Å². The Kier molecular flexibility index (Phi) is 4.02. The summed E-state index contributed by atoms with van der Waals surface area (Å²) in [5.74, 6) is 1.18. The molecule has 6 heteroatoms. The molecule has 1 heterocycles. The zero-order valence-corrected chi connectivity index (χ0v) is 9.69. The number of hydrogen-bond acceptors (Lipinski definition) is 5. The molecular weight excluding hydrogens is 258 g/mol. The summed E-state index contributed by atoms with van der Waals surface area (Å²) < 4.78 is 0.644. The van der Waals surface area contributed by atoms with Crippen LogP contribution in [0.4, 0.5) is 5.82 Å². The summed E-state index contributed by atoms with van der Waals surface area (Å²) in [5, 5.41) is 17.2. The van der Waals surface area contributed by atoms with E-state index in [1.165, 1.54) is 0 Å². The van der Waals surface area contributed by atoms with Crippen LogP contribution in [0.15, 0.2) is 10.7 Å². The first-order valence-corrected chi connectivity index (χ1v) is 4.96. The maximum Gasteiger partial charge on any atom is 0.135 e. The lowest BCUT2D eigenvalue weighted by atomic mass is 10.4. The number of aryl methyl sites for hydroxylation is 1. The minimum atomic E-state index is 0.135. The maximum atomic E-state index is 8.61. The molecule has 0 N–H and O–H groups in total. The Morgan fingerprint density at radius 3 is 2.40 bits per heavy atom. The molecule has 0 aliphatic carbocycles. The number of hydrogen-bond donors (Lipinski definition) is 0. The Hall–Kier alpha value is -1.66. The van der Waals surface area contributed by atoms with Gasteiger partial charge in [0.1, 0.15) is 29.3 Å².